The van der Waals surface area contributed by atoms with Crippen molar-refractivity contribution in [1.82, 2.24) is 8.87 Å². The van der Waals surface area contributed by atoms with Crippen molar-refractivity contribution < 1.29 is 13.2 Å². The van der Waals surface area contributed by atoms with Crippen molar-refractivity contribution in [2.75, 3.05) is 18.4 Å². The van der Waals surface area contributed by atoms with Gasteiger partial charge in [0.05, 0.1) is 16.0 Å². The molecule has 1 aliphatic heterocycles. The Morgan fingerprint density at radius 2 is 1.82 bits per heavy atom. The first-order chi connectivity index (χ1) is 15.6. The molecular formula is C23H26ClN3O4S2. The standard InChI is InChI=1S/C23H26ClN3O4S2/c1-15(2)27-20-8-7-19(13-21(20)32-23(27)29)25-22(28)17-9-11-26(12-10-17)33(30,31)14-16-3-5-18(24)6-4-16/h3-8,13,15,17H,9-12,14H2,1-2H3,(H,25,28). The van der Waals surface area contributed by atoms with Crippen LogP contribution in [0.25, 0.3) is 10.2 Å². The van der Waals surface area contributed by atoms with E-state index in [1.54, 1.807) is 34.9 Å². The molecule has 1 aliphatic rings. The molecule has 2 heterocycles. The first kappa shape index (κ1) is 23.9. The van der Waals surface area contributed by atoms with E-state index >= 15 is 0 Å². The lowest BCUT2D eigenvalue weighted by atomic mass is 9.97. The summed E-state index contributed by atoms with van der Waals surface area (Å²) in [5, 5.41) is 3.50. The van der Waals surface area contributed by atoms with E-state index in [1.165, 1.54) is 4.31 Å². The Labute approximate surface area is 202 Å². The molecule has 0 unspecified atom stereocenters. The minimum absolute atomic E-state index is 0.0179. The van der Waals surface area contributed by atoms with Crippen LogP contribution in [0.1, 0.15) is 38.3 Å². The van der Waals surface area contributed by atoms with Crippen LogP contribution in [0.5, 0.6) is 0 Å². The van der Waals surface area contributed by atoms with Crippen LogP contribution >= 0.6 is 22.9 Å². The maximum atomic E-state index is 12.8. The van der Waals surface area contributed by atoms with Crippen LogP contribution in [0.3, 0.4) is 0 Å². The molecule has 7 nitrogen and oxygen atoms in total. The Kier molecular flexibility index (Phi) is 6.95. The summed E-state index contributed by atoms with van der Waals surface area (Å²) >= 11 is 7.04. The minimum Gasteiger partial charge on any atom is -0.326 e. The van der Waals surface area contributed by atoms with Crippen LogP contribution < -0.4 is 10.2 Å². The van der Waals surface area contributed by atoms with Crippen LogP contribution in [0.4, 0.5) is 5.69 Å². The van der Waals surface area contributed by atoms with Crippen LogP contribution in [-0.2, 0) is 20.6 Å². The summed E-state index contributed by atoms with van der Waals surface area (Å²) in [7, 11) is -3.46. The summed E-state index contributed by atoms with van der Waals surface area (Å²) in [4.78, 5) is 25.0. The monoisotopic (exact) mass is 507 g/mol. The molecule has 0 bridgehead atoms. The second kappa shape index (κ2) is 9.58. The number of hydrogen-bond acceptors (Lipinski definition) is 5. The molecule has 4 rings (SSSR count). The first-order valence-electron chi connectivity index (χ1n) is 10.8. The predicted molar refractivity (Wildman–Crippen MR) is 133 cm³/mol. The van der Waals surface area contributed by atoms with Gasteiger partial charge in [-0.3, -0.25) is 14.2 Å². The Morgan fingerprint density at radius 3 is 2.45 bits per heavy atom. The van der Waals surface area contributed by atoms with Crippen LogP contribution in [0.2, 0.25) is 5.02 Å². The summed E-state index contributed by atoms with van der Waals surface area (Å²) in [5.41, 5.74) is 2.18. The first-order valence-corrected chi connectivity index (χ1v) is 13.6. The van der Waals surface area contributed by atoms with E-state index in [2.05, 4.69) is 5.32 Å². The maximum Gasteiger partial charge on any atom is 0.308 e. The van der Waals surface area contributed by atoms with Gasteiger partial charge in [0.25, 0.3) is 0 Å². The molecule has 0 radical (unpaired) electrons. The third kappa shape index (κ3) is 5.32. The van der Waals surface area contributed by atoms with E-state index in [0.717, 1.165) is 21.6 Å². The van der Waals surface area contributed by atoms with E-state index in [4.69, 9.17) is 11.6 Å². The normalized spacial score (nSPS) is 15.9. The zero-order valence-electron chi connectivity index (χ0n) is 18.5. The van der Waals surface area contributed by atoms with E-state index in [0.29, 0.717) is 42.2 Å². The molecule has 176 valence electrons. The fraction of sp³-hybridized carbons (Fsp3) is 0.391. The average Bonchev–Trinajstić information content (AvgIpc) is 3.10. The summed E-state index contributed by atoms with van der Waals surface area (Å²) in [6.45, 7) is 4.55. The molecule has 1 fully saturated rings. The van der Waals surface area contributed by atoms with Gasteiger partial charge in [-0.05, 0) is 62.6 Å². The van der Waals surface area contributed by atoms with Gasteiger partial charge < -0.3 is 5.32 Å². The lowest BCUT2D eigenvalue weighted by Gasteiger charge is -2.30. The highest BCUT2D eigenvalue weighted by Gasteiger charge is 2.31. The Morgan fingerprint density at radius 1 is 1.15 bits per heavy atom. The topological polar surface area (TPSA) is 88.5 Å². The molecule has 0 atom stereocenters. The predicted octanol–water partition coefficient (Wildman–Crippen LogP) is 4.48. The number of thiazole rings is 1. The van der Waals surface area contributed by atoms with E-state index in [1.807, 2.05) is 26.0 Å². The van der Waals surface area contributed by atoms with Crippen molar-refractivity contribution in [3.8, 4) is 0 Å². The number of piperidine rings is 1. The van der Waals surface area contributed by atoms with Gasteiger partial charge in [0.2, 0.25) is 15.9 Å². The summed E-state index contributed by atoms with van der Waals surface area (Å²) in [6, 6.07) is 12.3. The van der Waals surface area contributed by atoms with Crippen LogP contribution in [0, 0.1) is 5.92 Å². The Balaban J connectivity index is 1.37. The third-order valence-electron chi connectivity index (χ3n) is 5.88. The van der Waals surface area contributed by atoms with E-state index in [-0.39, 0.29) is 28.5 Å². The lowest BCUT2D eigenvalue weighted by Crippen LogP contribution is -2.41. The second-order valence-corrected chi connectivity index (χ2v) is 12.0. The second-order valence-electron chi connectivity index (χ2n) is 8.56. The minimum atomic E-state index is -3.46. The Hall–Kier alpha value is -2.20. The van der Waals surface area contributed by atoms with Gasteiger partial charge in [-0.25, -0.2) is 12.7 Å². The number of carbonyl (C=O) groups is 1. The van der Waals surface area contributed by atoms with Gasteiger partial charge in [-0.1, -0.05) is 35.1 Å². The van der Waals surface area contributed by atoms with Gasteiger partial charge in [0.15, 0.2) is 0 Å². The van der Waals surface area contributed by atoms with Gasteiger partial charge in [-0.2, -0.15) is 0 Å². The number of rotatable bonds is 6. The number of amides is 1. The van der Waals surface area contributed by atoms with Crippen molar-refractivity contribution in [3.05, 3.63) is 62.7 Å². The largest absolute Gasteiger partial charge is 0.326 e. The van der Waals surface area contributed by atoms with Gasteiger partial charge in [0.1, 0.15) is 0 Å². The third-order valence-corrected chi connectivity index (χ3v) is 8.90. The highest BCUT2D eigenvalue weighted by Crippen LogP contribution is 2.27. The zero-order valence-corrected chi connectivity index (χ0v) is 20.8. The quantitative estimate of drug-likeness (QED) is 0.533. The molecule has 0 saturated carbocycles. The number of halogens is 1. The molecule has 33 heavy (non-hydrogen) atoms. The fourth-order valence-corrected chi connectivity index (χ4v) is 6.87. The number of nitrogens with one attached hydrogen (secondary N) is 1. The van der Waals surface area contributed by atoms with E-state index in [9.17, 15) is 18.0 Å². The summed E-state index contributed by atoms with van der Waals surface area (Å²) < 4.78 is 29.6. The van der Waals surface area contributed by atoms with Crippen molar-refractivity contribution in [1.29, 1.82) is 0 Å². The van der Waals surface area contributed by atoms with Crippen molar-refractivity contribution in [3.63, 3.8) is 0 Å². The number of sulfonamides is 1. The molecule has 10 heteroatoms. The molecular weight excluding hydrogens is 482 g/mol. The molecule has 2 aromatic carbocycles. The smallest absolute Gasteiger partial charge is 0.308 e. The number of carbonyl (C=O) groups excluding carboxylic acids is 1. The number of hydrogen-bond donors (Lipinski definition) is 1. The van der Waals surface area contributed by atoms with Gasteiger partial charge in [-0.15, -0.1) is 0 Å². The molecule has 1 saturated heterocycles. The zero-order chi connectivity index (χ0) is 23.8. The SMILES string of the molecule is CC(C)n1c(=O)sc2cc(NC(=O)C3CCN(S(=O)(=O)Cc4ccc(Cl)cc4)CC3)ccc21. The molecule has 0 aliphatic carbocycles. The van der Waals surface area contributed by atoms with Gasteiger partial charge >= 0.3 is 4.87 Å². The summed E-state index contributed by atoms with van der Waals surface area (Å²) in [6.07, 6.45) is 0.927. The van der Waals surface area contributed by atoms with Crippen LogP contribution in [-0.4, -0.2) is 36.3 Å². The molecule has 1 N–H and O–H groups in total. The van der Waals surface area contributed by atoms with Crippen molar-refractivity contribution in [2.45, 2.75) is 38.5 Å². The summed E-state index contributed by atoms with van der Waals surface area (Å²) in [5.74, 6) is -0.471. The number of fused-ring (bicyclic) bond motifs is 1. The molecule has 1 aromatic heterocycles. The highest BCUT2D eigenvalue weighted by atomic mass is 35.5. The number of benzene rings is 2. The maximum absolute atomic E-state index is 12.8. The van der Waals surface area contributed by atoms with Crippen LogP contribution in [0.15, 0.2) is 47.3 Å². The Bertz CT molecular complexity index is 1320. The molecule has 1 amide bonds. The number of nitrogens with zero attached hydrogens (tertiary/aromatic N) is 2. The van der Waals surface area contributed by atoms with Crippen molar-refractivity contribution >= 4 is 54.8 Å². The lowest BCUT2D eigenvalue weighted by molar-refractivity contribution is -0.120. The molecule has 3 aromatic rings. The molecule has 0 spiro atoms. The number of anilines is 1. The fourth-order valence-electron chi connectivity index (χ4n) is 4.13. The highest BCUT2D eigenvalue weighted by molar-refractivity contribution is 7.88. The van der Waals surface area contributed by atoms with Gasteiger partial charge in [0, 0.05) is 35.8 Å². The average molecular weight is 508 g/mol. The van der Waals surface area contributed by atoms with E-state index < -0.39 is 10.0 Å². The number of aromatic nitrogens is 1. The van der Waals surface area contributed by atoms with Crippen molar-refractivity contribution in [2.24, 2.45) is 5.92 Å².